The maximum atomic E-state index is 5.70. The van der Waals surface area contributed by atoms with Crippen LogP contribution in [-0.4, -0.2) is 64.1 Å². The summed E-state index contributed by atoms with van der Waals surface area (Å²) in [6.07, 6.45) is 3.67. The fourth-order valence-electron chi connectivity index (χ4n) is 3.59. The van der Waals surface area contributed by atoms with Crippen LogP contribution in [0.3, 0.4) is 0 Å². The Labute approximate surface area is 186 Å². The molecule has 0 amide bonds. The van der Waals surface area contributed by atoms with Gasteiger partial charge in [-0.2, -0.15) is 0 Å². The van der Waals surface area contributed by atoms with Gasteiger partial charge in [0, 0.05) is 38.0 Å². The number of nitrogens with zero attached hydrogens (tertiary/aromatic N) is 2. The van der Waals surface area contributed by atoms with Crippen molar-refractivity contribution in [1.82, 2.24) is 10.6 Å². The molecule has 2 aliphatic heterocycles. The first kappa shape index (κ1) is 23.2. The number of anilines is 1. The van der Waals surface area contributed by atoms with Gasteiger partial charge in [-0.05, 0) is 45.2 Å². The number of nitrogens with one attached hydrogen (secondary N) is 2. The van der Waals surface area contributed by atoms with E-state index in [-0.39, 0.29) is 30.1 Å². The predicted molar refractivity (Wildman–Crippen MR) is 126 cm³/mol. The summed E-state index contributed by atoms with van der Waals surface area (Å²) in [6.45, 7) is 10.0. The Morgan fingerprint density at radius 2 is 2.11 bits per heavy atom. The Bertz CT molecular complexity index is 591. The Morgan fingerprint density at radius 3 is 2.82 bits per heavy atom. The molecule has 0 radical (unpaired) electrons. The van der Waals surface area contributed by atoms with Crippen molar-refractivity contribution < 1.29 is 9.47 Å². The fourth-order valence-corrected chi connectivity index (χ4v) is 3.59. The SMILES string of the molecule is CCNC(=NCCOCC1CCCO1)NC1CCN(c2ccc(C)cc2)C1.I. The van der Waals surface area contributed by atoms with E-state index in [9.17, 15) is 0 Å². The standard InChI is InChI=1S/C21H34N4O2.HI/c1-3-22-21(23-11-14-26-16-20-5-4-13-27-20)24-18-10-12-25(15-18)19-8-6-17(2)7-9-19;/h6-9,18,20H,3-5,10-16H2,1-2H3,(H2,22,23,24);1H. The molecule has 2 saturated heterocycles. The third kappa shape index (κ3) is 7.40. The summed E-state index contributed by atoms with van der Waals surface area (Å²) in [7, 11) is 0. The summed E-state index contributed by atoms with van der Waals surface area (Å²) in [5.74, 6) is 0.883. The first-order valence-electron chi connectivity index (χ1n) is 10.3. The normalized spacial score (nSPS) is 22.2. The van der Waals surface area contributed by atoms with Crippen LogP contribution in [0.1, 0.15) is 31.7 Å². The molecule has 6 nitrogen and oxygen atoms in total. The van der Waals surface area contributed by atoms with E-state index < -0.39 is 0 Å². The van der Waals surface area contributed by atoms with E-state index >= 15 is 0 Å². The van der Waals surface area contributed by atoms with Gasteiger partial charge in [0.1, 0.15) is 0 Å². The minimum absolute atomic E-state index is 0. The second kappa shape index (κ2) is 12.5. The van der Waals surface area contributed by atoms with Crippen LogP contribution >= 0.6 is 24.0 Å². The van der Waals surface area contributed by atoms with Gasteiger partial charge in [0.2, 0.25) is 0 Å². The topological polar surface area (TPSA) is 58.1 Å². The molecule has 2 heterocycles. The molecule has 158 valence electrons. The van der Waals surface area contributed by atoms with Gasteiger partial charge < -0.3 is 25.0 Å². The second-order valence-corrected chi connectivity index (χ2v) is 7.38. The molecule has 1 aromatic rings. The fraction of sp³-hybridized carbons (Fsp3) is 0.667. The summed E-state index contributed by atoms with van der Waals surface area (Å²) in [5, 5.41) is 6.92. The summed E-state index contributed by atoms with van der Waals surface area (Å²) < 4.78 is 11.3. The van der Waals surface area contributed by atoms with Gasteiger partial charge in [-0.3, -0.25) is 4.99 Å². The average molecular weight is 502 g/mol. The number of hydrogen-bond acceptors (Lipinski definition) is 4. The van der Waals surface area contributed by atoms with Crippen LogP contribution in [0.25, 0.3) is 0 Å². The highest BCUT2D eigenvalue weighted by molar-refractivity contribution is 14.0. The number of aryl methyl sites for hydroxylation is 1. The number of ether oxygens (including phenoxy) is 2. The van der Waals surface area contributed by atoms with Crippen molar-refractivity contribution in [2.45, 2.75) is 45.3 Å². The molecule has 28 heavy (non-hydrogen) atoms. The lowest BCUT2D eigenvalue weighted by atomic mass is 10.2. The maximum absolute atomic E-state index is 5.70. The molecular weight excluding hydrogens is 467 g/mol. The van der Waals surface area contributed by atoms with Crippen LogP contribution in [0, 0.1) is 6.92 Å². The number of hydrogen-bond donors (Lipinski definition) is 2. The monoisotopic (exact) mass is 502 g/mol. The van der Waals surface area contributed by atoms with Gasteiger partial charge in [-0.25, -0.2) is 0 Å². The third-order valence-corrected chi connectivity index (χ3v) is 5.11. The van der Waals surface area contributed by atoms with Crippen molar-refractivity contribution in [3.05, 3.63) is 29.8 Å². The molecule has 2 N–H and O–H groups in total. The number of halogens is 1. The van der Waals surface area contributed by atoms with Crippen LogP contribution in [-0.2, 0) is 9.47 Å². The van der Waals surface area contributed by atoms with Gasteiger partial charge in [0.25, 0.3) is 0 Å². The molecule has 0 bridgehead atoms. The van der Waals surface area contributed by atoms with E-state index in [1.54, 1.807) is 0 Å². The first-order chi connectivity index (χ1) is 13.2. The molecule has 0 saturated carbocycles. The molecule has 2 atom stereocenters. The van der Waals surface area contributed by atoms with E-state index in [1.165, 1.54) is 11.3 Å². The molecule has 2 unspecified atom stereocenters. The molecule has 2 fully saturated rings. The minimum atomic E-state index is 0. The third-order valence-electron chi connectivity index (χ3n) is 5.11. The van der Waals surface area contributed by atoms with E-state index in [2.05, 4.69) is 58.6 Å². The van der Waals surface area contributed by atoms with Crippen LogP contribution in [0.15, 0.2) is 29.3 Å². The molecule has 0 aromatic heterocycles. The van der Waals surface area contributed by atoms with Crippen molar-refractivity contribution in [3.63, 3.8) is 0 Å². The van der Waals surface area contributed by atoms with Crippen molar-refractivity contribution in [2.75, 3.05) is 50.9 Å². The molecule has 7 heteroatoms. The van der Waals surface area contributed by atoms with E-state index in [0.29, 0.717) is 25.8 Å². The highest BCUT2D eigenvalue weighted by atomic mass is 127. The van der Waals surface area contributed by atoms with Crippen molar-refractivity contribution in [2.24, 2.45) is 4.99 Å². The maximum Gasteiger partial charge on any atom is 0.191 e. The number of guanidine groups is 1. The first-order valence-corrected chi connectivity index (χ1v) is 10.3. The van der Waals surface area contributed by atoms with Gasteiger partial charge in [-0.15, -0.1) is 24.0 Å². The number of aliphatic imine (C=N–C) groups is 1. The Kier molecular flexibility index (Phi) is 10.4. The number of rotatable bonds is 8. The van der Waals surface area contributed by atoms with Gasteiger partial charge >= 0.3 is 0 Å². The zero-order chi connectivity index (χ0) is 18.9. The lowest BCUT2D eigenvalue weighted by molar-refractivity contribution is 0.0200. The van der Waals surface area contributed by atoms with Gasteiger partial charge in [0.15, 0.2) is 5.96 Å². The predicted octanol–water partition coefficient (Wildman–Crippen LogP) is 2.94. The molecule has 3 rings (SSSR count). The Morgan fingerprint density at radius 1 is 1.29 bits per heavy atom. The lowest BCUT2D eigenvalue weighted by Gasteiger charge is -2.20. The molecule has 1 aromatic carbocycles. The quantitative estimate of drug-likeness (QED) is 0.248. The zero-order valence-electron chi connectivity index (χ0n) is 17.2. The van der Waals surface area contributed by atoms with E-state index in [1.807, 2.05) is 0 Å². The minimum Gasteiger partial charge on any atom is -0.377 e. The highest BCUT2D eigenvalue weighted by Crippen LogP contribution is 2.20. The van der Waals surface area contributed by atoms with E-state index in [4.69, 9.17) is 9.47 Å². The summed E-state index contributed by atoms with van der Waals surface area (Å²) in [6, 6.07) is 9.19. The smallest absolute Gasteiger partial charge is 0.191 e. The summed E-state index contributed by atoms with van der Waals surface area (Å²) in [5.41, 5.74) is 2.60. The molecule has 2 aliphatic rings. The Hall–Kier alpha value is -1.06. The molecule has 0 spiro atoms. The number of benzene rings is 1. The van der Waals surface area contributed by atoms with Gasteiger partial charge in [0.05, 0.1) is 25.9 Å². The zero-order valence-corrected chi connectivity index (χ0v) is 19.5. The second-order valence-electron chi connectivity index (χ2n) is 7.38. The van der Waals surface area contributed by atoms with Gasteiger partial charge in [-0.1, -0.05) is 17.7 Å². The van der Waals surface area contributed by atoms with Crippen molar-refractivity contribution >= 4 is 35.6 Å². The van der Waals surface area contributed by atoms with Crippen molar-refractivity contribution in [1.29, 1.82) is 0 Å². The Balaban J connectivity index is 0.00000280. The van der Waals surface area contributed by atoms with Crippen molar-refractivity contribution in [3.8, 4) is 0 Å². The van der Waals surface area contributed by atoms with Crippen LogP contribution in [0.2, 0.25) is 0 Å². The van der Waals surface area contributed by atoms with Crippen LogP contribution in [0.5, 0.6) is 0 Å². The van der Waals surface area contributed by atoms with E-state index in [0.717, 1.165) is 51.5 Å². The molecule has 0 aliphatic carbocycles. The highest BCUT2D eigenvalue weighted by Gasteiger charge is 2.23. The largest absolute Gasteiger partial charge is 0.377 e. The average Bonchev–Trinajstić information content (AvgIpc) is 3.34. The summed E-state index contributed by atoms with van der Waals surface area (Å²) in [4.78, 5) is 7.10. The summed E-state index contributed by atoms with van der Waals surface area (Å²) >= 11 is 0. The van der Waals surface area contributed by atoms with Crippen LogP contribution in [0.4, 0.5) is 5.69 Å². The lowest BCUT2D eigenvalue weighted by Crippen LogP contribution is -2.44. The molecular formula is C21H35IN4O2. The van der Waals surface area contributed by atoms with Crippen LogP contribution < -0.4 is 15.5 Å².